The first-order valence-corrected chi connectivity index (χ1v) is 9.00. The van der Waals surface area contributed by atoms with Crippen molar-refractivity contribution in [3.05, 3.63) is 88.9 Å². The monoisotopic (exact) mass is 412 g/mol. The van der Waals surface area contributed by atoms with Crippen molar-refractivity contribution in [2.75, 3.05) is 5.32 Å². The molecule has 0 aliphatic carbocycles. The quantitative estimate of drug-likeness (QED) is 0.618. The molecular weight excluding hydrogens is 396 g/mol. The maximum atomic E-state index is 5.66. The van der Waals surface area contributed by atoms with E-state index in [2.05, 4.69) is 42.2 Å². The van der Waals surface area contributed by atoms with Crippen LogP contribution >= 0.6 is 28.1 Å². The second-order valence-electron chi connectivity index (χ2n) is 5.51. The average Bonchev–Trinajstić information content (AvgIpc) is 2.65. The van der Waals surface area contributed by atoms with E-state index in [1.807, 2.05) is 48.7 Å². The van der Waals surface area contributed by atoms with Gasteiger partial charge in [0.25, 0.3) is 0 Å². The van der Waals surface area contributed by atoms with E-state index in [1.165, 1.54) is 0 Å². The summed E-state index contributed by atoms with van der Waals surface area (Å²) in [7, 11) is 0. The first-order valence-electron chi connectivity index (χ1n) is 7.80. The summed E-state index contributed by atoms with van der Waals surface area (Å²) in [5.74, 6) is 0. The fourth-order valence-corrected chi connectivity index (χ4v) is 2.87. The summed E-state index contributed by atoms with van der Waals surface area (Å²) < 4.78 is 1.04. The van der Waals surface area contributed by atoms with Gasteiger partial charge in [-0.2, -0.15) is 0 Å². The molecule has 0 fully saturated rings. The second-order valence-corrected chi connectivity index (χ2v) is 6.81. The lowest BCUT2D eigenvalue weighted by Crippen LogP contribution is -2.33. The number of aromatic nitrogens is 2. The first-order chi connectivity index (χ1) is 12.2. The summed E-state index contributed by atoms with van der Waals surface area (Å²) >= 11 is 9.10. The molecule has 0 unspecified atom stereocenters. The van der Waals surface area contributed by atoms with Crippen molar-refractivity contribution in [3.63, 3.8) is 0 Å². The molecule has 0 radical (unpaired) electrons. The topological polar surface area (TPSA) is 41.0 Å². The Hall–Kier alpha value is -2.31. The van der Waals surface area contributed by atoms with E-state index >= 15 is 0 Å². The van der Waals surface area contributed by atoms with Crippen molar-refractivity contribution in [1.82, 2.24) is 14.9 Å². The Morgan fingerprint density at radius 3 is 2.32 bits per heavy atom. The number of anilines is 1. The minimum absolute atomic E-state index is 0.669. The number of nitrogens with one attached hydrogen (secondary N) is 1. The Kier molecular flexibility index (Phi) is 6.09. The SMILES string of the molecule is S=C(Nc1ccc(Br)cc1)N(Cc1ccncc1)Cc1cccnc1. The molecule has 1 aromatic carbocycles. The fourth-order valence-electron chi connectivity index (χ4n) is 2.36. The molecule has 0 spiro atoms. The smallest absolute Gasteiger partial charge is 0.174 e. The van der Waals surface area contributed by atoms with Crippen LogP contribution in [0.1, 0.15) is 11.1 Å². The average molecular weight is 413 g/mol. The Balaban J connectivity index is 1.76. The highest BCUT2D eigenvalue weighted by molar-refractivity contribution is 9.10. The molecule has 3 aromatic rings. The molecule has 126 valence electrons. The normalized spacial score (nSPS) is 10.3. The maximum absolute atomic E-state index is 5.66. The first kappa shape index (κ1) is 17.5. The van der Waals surface area contributed by atoms with Crippen molar-refractivity contribution in [2.24, 2.45) is 0 Å². The van der Waals surface area contributed by atoms with Crippen LogP contribution in [0.3, 0.4) is 0 Å². The standard InChI is InChI=1S/C19H17BrN4S/c20-17-3-5-18(6-4-17)23-19(25)24(13-15-7-10-21-11-8-15)14-16-2-1-9-22-12-16/h1-12H,13-14H2,(H,23,25). The molecule has 0 saturated carbocycles. The van der Waals surface area contributed by atoms with Gasteiger partial charge >= 0.3 is 0 Å². The van der Waals surface area contributed by atoms with Gasteiger partial charge in [-0.15, -0.1) is 0 Å². The Morgan fingerprint density at radius 1 is 0.920 bits per heavy atom. The minimum Gasteiger partial charge on any atom is -0.340 e. The van der Waals surface area contributed by atoms with Gasteiger partial charge in [-0.05, 0) is 65.8 Å². The number of rotatable bonds is 5. The van der Waals surface area contributed by atoms with Gasteiger partial charge in [0.05, 0.1) is 0 Å². The molecule has 0 amide bonds. The third kappa shape index (κ3) is 5.34. The van der Waals surface area contributed by atoms with Crippen LogP contribution in [0.2, 0.25) is 0 Å². The molecule has 6 heteroatoms. The zero-order valence-corrected chi connectivity index (χ0v) is 15.9. The molecule has 2 heterocycles. The number of pyridine rings is 2. The fraction of sp³-hybridized carbons (Fsp3) is 0.105. The Labute approximate surface area is 161 Å². The summed E-state index contributed by atoms with van der Waals surface area (Å²) in [4.78, 5) is 10.4. The zero-order chi connectivity index (χ0) is 17.5. The number of nitrogens with zero attached hydrogens (tertiary/aromatic N) is 3. The van der Waals surface area contributed by atoms with E-state index in [-0.39, 0.29) is 0 Å². The van der Waals surface area contributed by atoms with Crippen LogP contribution < -0.4 is 5.32 Å². The van der Waals surface area contributed by atoms with E-state index in [9.17, 15) is 0 Å². The second kappa shape index (κ2) is 8.69. The van der Waals surface area contributed by atoms with E-state index in [0.29, 0.717) is 18.2 Å². The molecule has 0 atom stereocenters. The molecule has 25 heavy (non-hydrogen) atoms. The summed E-state index contributed by atoms with van der Waals surface area (Å²) in [6, 6.07) is 15.9. The number of halogens is 1. The molecule has 3 rings (SSSR count). The van der Waals surface area contributed by atoms with Gasteiger partial charge in [-0.1, -0.05) is 22.0 Å². The minimum atomic E-state index is 0.669. The van der Waals surface area contributed by atoms with E-state index in [1.54, 1.807) is 18.6 Å². The zero-order valence-electron chi connectivity index (χ0n) is 13.5. The van der Waals surface area contributed by atoms with Gasteiger partial charge in [0.1, 0.15) is 0 Å². The third-order valence-electron chi connectivity index (χ3n) is 3.60. The van der Waals surface area contributed by atoms with Gasteiger partial charge in [0, 0.05) is 48.0 Å². The van der Waals surface area contributed by atoms with Crippen LogP contribution in [0.15, 0.2) is 77.8 Å². The van der Waals surface area contributed by atoms with Crippen LogP contribution in [0.5, 0.6) is 0 Å². The van der Waals surface area contributed by atoms with Crippen molar-refractivity contribution in [2.45, 2.75) is 13.1 Å². The summed E-state index contributed by atoms with van der Waals surface area (Å²) in [6.45, 7) is 1.37. The highest BCUT2D eigenvalue weighted by Crippen LogP contribution is 2.16. The number of thiocarbonyl (C=S) groups is 1. The van der Waals surface area contributed by atoms with Crippen LogP contribution in [0, 0.1) is 0 Å². The van der Waals surface area contributed by atoms with Gasteiger partial charge in [0.2, 0.25) is 0 Å². The number of benzene rings is 1. The highest BCUT2D eigenvalue weighted by Gasteiger charge is 2.12. The molecule has 0 saturated heterocycles. The van der Waals surface area contributed by atoms with Crippen LogP contribution in [0.25, 0.3) is 0 Å². The molecule has 0 bridgehead atoms. The molecule has 2 aromatic heterocycles. The van der Waals surface area contributed by atoms with Crippen molar-refractivity contribution in [1.29, 1.82) is 0 Å². The molecular formula is C19H17BrN4S. The Bertz CT molecular complexity index is 768. The van der Waals surface area contributed by atoms with Crippen LogP contribution in [-0.4, -0.2) is 20.0 Å². The van der Waals surface area contributed by atoms with E-state index in [0.717, 1.165) is 21.3 Å². The van der Waals surface area contributed by atoms with Crippen molar-refractivity contribution in [3.8, 4) is 0 Å². The van der Waals surface area contributed by atoms with Gasteiger partial charge in [0.15, 0.2) is 5.11 Å². The summed E-state index contributed by atoms with van der Waals surface area (Å²) in [5, 5.41) is 3.98. The lowest BCUT2D eigenvalue weighted by atomic mass is 10.2. The predicted molar refractivity (Wildman–Crippen MR) is 108 cm³/mol. The Morgan fingerprint density at radius 2 is 1.64 bits per heavy atom. The number of hydrogen-bond acceptors (Lipinski definition) is 3. The molecule has 4 nitrogen and oxygen atoms in total. The van der Waals surface area contributed by atoms with Gasteiger partial charge < -0.3 is 10.2 Å². The van der Waals surface area contributed by atoms with E-state index < -0.39 is 0 Å². The van der Waals surface area contributed by atoms with Crippen LogP contribution in [-0.2, 0) is 13.1 Å². The molecule has 0 aliphatic heterocycles. The van der Waals surface area contributed by atoms with Gasteiger partial charge in [-0.25, -0.2) is 0 Å². The maximum Gasteiger partial charge on any atom is 0.174 e. The van der Waals surface area contributed by atoms with Crippen molar-refractivity contribution >= 4 is 38.9 Å². The lowest BCUT2D eigenvalue weighted by Gasteiger charge is -2.26. The summed E-state index contributed by atoms with van der Waals surface area (Å²) in [5.41, 5.74) is 3.22. The van der Waals surface area contributed by atoms with Crippen LogP contribution in [0.4, 0.5) is 5.69 Å². The largest absolute Gasteiger partial charge is 0.340 e. The summed E-state index contributed by atoms with van der Waals surface area (Å²) in [6.07, 6.45) is 7.22. The molecule has 1 N–H and O–H groups in total. The lowest BCUT2D eigenvalue weighted by molar-refractivity contribution is 0.412. The third-order valence-corrected chi connectivity index (χ3v) is 4.49. The predicted octanol–water partition coefficient (Wildman–Crippen LogP) is 4.64. The number of hydrogen-bond donors (Lipinski definition) is 1. The molecule has 0 aliphatic rings. The van der Waals surface area contributed by atoms with Crippen molar-refractivity contribution < 1.29 is 0 Å². The van der Waals surface area contributed by atoms with Gasteiger partial charge in [-0.3, -0.25) is 9.97 Å². The highest BCUT2D eigenvalue weighted by atomic mass is 79.9. The van der Waals surface area contributed by atoms with E-state index in [4.69, 9.17) is 12.2 Å².